The second-order valence-electron chi connectivity index (χ2n) is 9.50. The summed E-state index contributed by atoms with van der Waals surface area (Å²) in [6.45, 7) is 4.81. The molecular formula is C26H32N3O7PS. The van der Waals surface area contributed by atoms with Crippen LogP contribution in [0.1, 0.15) is 30.1 Å². The molecule has 1 fully saturated rings. The van der Waals surface area contributed by atoms with Crippen LogP contribution in [0.15, 0.2) is 59.6 Å². The van der Waals surface area contributed by atoms with Crippen LogP contribution in [0.5, 0.6) is 17.2 Å². The van der Waals surface area contributed by atoms with Gasteiger partial charge in [0.25, 0.3) is 5.91 Å². The Balaban J connectivity index is 1.54. The molecule has 1 unspecified atom stereocenters. The van der Waals surface area contributed by atoms with Crippen molar-refractivity contribution >= 4 is 28.7 Å². The third-order valence-electron chi connectivity index (χ3n) is 5.84. The Bertz CT molecular complexity index is 1430. The molecular weight excluding hydrogens is 529 g/mol. The summed E-state index contributed by atoms with van der Waals surface area (Å²) < 4.78 is 55.1. The van der Waals surface area contributed by atoms with Crippen LogP contribution in [0.3, 0.4) is 0 Å². The second kappa shape index (κ2) is 11.7. The van der Waals surface area contributed by atoms with Crippen molar-refractivity contribution in [2.45, 2.75) is 37.1 Å². The third kappa shape index (κ3) is 7.69. The highest BCUT2D eigenvalue weighted by Gasteiger charge is 2.20. The van der Waals surface area contributed by atoms with Crippen LogP contribution in [0, 0.1) is 0 Å². The number of sulfone groups is 1. The Hall–Kier alpha value is -3.14. The Morgan fingerprint density at radius 2 is 1.89 bits per heavy atom. The second-order valence-corrected chi connectivity index (χ2v) is 14.8. The third-order valence-corrected chi connectivity index (χ3v) is 9.25. The topological polar surface area (TPSA) is 126 Å². The molecule has 0 spiro atoms. The van der Waals surface area contributed by atoms with Crippen LogP contribution >= 0.6 is 7.14 Å². The maximum atomic E-state index is 13.1. The minimum absolute atomic E-state index is 0.140. The van der Waals surface area contributed by atoms with Crippen LogP contribution in [-0.4, -0.2) is 62.5 Å². The summed E-state index contributed by atoms with van der Waals surface area (Å²) in [5.74, 6) is 1.10. The fraction of sp³-hybridized carbons (Fsp3) is 0.385. The highest BCUT2D eigenvalue weighted by molar-refractivity contribution is 7.90. The number of nitrogens with one attached hydrogen (secondary N) is 1. The predicted molar refractivity (Wildman–Crippen MR) is 145 cm³/mol. The normalized spacial score (nSPS) is 17.1. The lowest BCUT2D eigenvalue weighted by Crippen LogP contribution is -2.17. The molecule has 1 aliphatic rings. The molecule has 2 atom stereocenters. The van der Waals surface area contributed by atoms with Gasteiger partial charge in [-0.05, 0) is 49.5 Å². The number of hydrogen-bond donors (Lipinski definition) is 1. The van der Waals surface area contributed by atoms with Crippen molar-refractivity contribution in [3.8, 4) is 17.2 Å². The van der Waals surface area contributed by atoms with Crippen molar-refractivity contribution in [3.63, 3.8) is 0 Å². The zero-order valence-corrected chi connectivity index (χ0v) is 23.3. The maximum absolute atomic E-state index is 13.1. The molecule has 0 aliphatic carbocycles. The number of anilines is 1. The van der Waals surface area contributed by atoms with E-state index >= 15 is 0 Å². The van der Waals surface area contributed by atoms with E-state index in [1.165, 1.54) is 12.1 Å². The highest BCUT2D eigenvalue weighted by Crippen LogP contribution is 2.43. The average molecular weight is 562 g/mol. The van der Waals surface area contributed by atoms with E-state index in [2.05, 4.69) is 10.4 Å². The number of hydrogen-bond acceptors (Lipinski definition) is 8. The van der Waals surface area contributed by atoms with Crippen molar-refractivity contribution in [1.29, 1.82) is 0 Å². The molecule has 1 amide bonds. The van der Waals surface area contributed by atoms with Gasteiger partial charge in [0.15, 0.2) is 15.7 Å². The molecule has 3 aromatic rings. The van der Waals surface area contributed by atoms with E-state index in [1.807, 2.05) is 6.92 Å². The van der Waals surface area contributed by atoms with Crippen LogP contribution in [0.2, 0.25) is 0 Å². The fourth-order valence-corrected chi connectivity index (χ4v) is 6.55. The number of carbonyl (C=O) groups is 1. The van der Waals surface area contributed by atoms with Crippen molar-refractivity contribution in [3.05, 3.63) is 60.3 Å². The molecule has 10 nitrogen and oxygen atoms in total. The first-order valence-electron chi connectivity index (χ1n) is 12.3. The largest absolute Gasteiger partial charge is 0.488 e. The molecule has 204 valence electrons. The molecule has 1 N–H and O–H groups in total. The van der Waals surface area contributed by atoms with Gasteiger partial charge in [-0.3, -0.25) is 9.48 Å². The van der Waals surface area contributed by atoms with Crippen LogP contribution in [-0.2, 0) is 25.4 Å². The smallest absolute Gasteiger partial charge is 0.257 e. The van der Waals surface area contributed by atoms with Crippen LogP contribution in [0.25, 0.3) is 0 Å². The molecule has 4 rings (SSSR count). The predicted octanol–water partition coefficient (Wildman–Crippen LogP) is 4.86. The lowest BCUT2D eigenvalue weighted by Gasteiger charge is -2.15. The van der Waals surface area contributed by atoms with Gasteiger partial charge in [-0.15, -0.1) is 0 Å². The first-order valence-corrected chi connectivity index (χ1v) is 16.7. The van der Waals surface area contributed by atoms with Gasteiger partial charge < -0.3 is 24.1 Å². The van der Waals surface area contributed by atoms with Crippen molar-refractivity contribution < 1.29 is 32.0 Å². The van der Waals surface area contributed by atoms with Gasteiger partial charge in [0, 0.05) is 42.7 Å². The zero-order valence-electron chi connectivity index (χ0n) is 21.6. The number of aromatic nitrogens is 2. The van der Waals surface area contributed by atoms with Gasteiger partial charge in [-0.1, -0.05) is 6.92 Å². The summed E-state index contributed by atoms with van der Waals surface area (Å²) in [5, 5.41) is 7.12. The molecule has 0 bridgehead atoms. The lowest BCUT2D eigenvalue weighted by molar-refractivity contribution is 0.102. The van der Waals surface area contributed by atoms with Gasteiger partial charge in [-0.25, -0.2) is 8.42 Å². The van der Waals surface area contributed by atoms with Crippen molar-refractivity contribution in [2.75, 3.05) is 37.6 Å². The number of nitrogens with zero attached hydrogens (tertiary/aromatic N) is 2. The van der Waals surface area contributed by atoms with Gasteiger partial charge in [0.05, 0.1) is 24.4 Å². The number of rotatable bonds is 11. The molecule has 1 saturated heterocycles. The first kappa shape index (κ1) is 27.9. The Morgan fingerprint density at radius 1 is 1.16 bits per heavy atom. The van der Waals surface area contributed by atoms with Crippen LogP contribution in [0.4, 0.5) is 5.82 Å². The Kier molecular flexibility index (Phi) is 8.60. The van der Waals surface area contributed by atoms with E-state index < -0.39 is 22.9 Å². The monoisotopic (exact) mass is 561 g/mol. The fourth-order valence-electron chi connectivity index (χ4n) is 4.06. The van der Waals surface area contributed by atoms with E-state index in [9.17, 15) is 17.8 Å². The van der Waals surface area contributed by atoms with Gasteiger partial charge in [-0.2, -0.15) is 5.10 Å². The summed E-state index contributed by atoms with van der Waals surface area (Å²) in [6.07, 6.45) is 5.18. The average Bonchev–Trinajstić information content (AvgIpc) is 3.50. The summed E-state index contributed by atoms with van der Waals surface area (Å²) in [5.41, 5.74) is 0.283. The van der Waals surface area contributed by atoms with Crippen LogP contribution < -0.4 is 14.8 Å². The van der Waals surface area contributed by atoms with E-state index in [4.69, 9.17) is 14.2 Å². The Labute approximate surface area is 222 Å². The van der Waals surface area contributed by atoms with E-state index in [0.717, 1.165) is 19.1 Å². The summed E-state index contributed by atoms with van der Waals surface area (Å²) in [7, 11) is -5.69. The van der Waals surface area contributed by atoms with Gasteiger partial charge >= 0.3 is 0 Å². The molecule has 1 aromatic heterocycles. The molecule has 0 saturated carbocycles. The maximum Gasteiger partial charge on any atom is 0.257 e. The summed E-state index contributed by atoms with van der Waals surface area (Å²) in [4.78, 5) is 13.3. The van der Waals surface area contributed by atoms with Gasteiger partial charge in [0.1, 0.15) is 30.5 Å². The zero-order chi connectivity index (χ0) is 27.3. The summed E-state index contributed by atoms with van der Waals surface area (Å²) >= 11 is 0. The Morgan fingerprint density at radius 3 is 2.55 bits per heavy atom. The highest BCUT2D eigenvalue weighted by atomic mass is 32.2. The van der Waals surface area contributed by atoms with E-state index in [1.54, 1.807) is 53.9 Å². The quantitative estimate of drug-likeness (QED) is 0.329. The minimum Gasteiger partial charge on any atom is -0.488 e. The molecule has 2 aromatic carbocycles. The van der Waals surface area contributed by atoms with Crippen molar-refractivity contribution in [1.82, 2.24) is 9.78 Å². The molecule has 12 heteroatoms. The number of carbonyl (C=O) groups excluding carboxylic acids is 1. The van der Waals surface area contributed by atoms with Gasteiger partial charge in [0.2, 0.25) is 0 Å². The first-order chi connectivity index (χ1) is 18.0. The van der Waals surface area contributed by atoms with E-state index in [-0.39, 0.29) is 16.6 Å². The molecule has 2 heterocycles. The molecule has 38 heavy (non-hydrogen) atoms. The molecule has 1 aliphatic heterocycles. The summed E-state index contributed by atoms with van der Waals surface area (Å²) in [6, 6.07) is 12.5. The van der Waals surface area contributed by atoms with E-state index in [0.29, 0.717) is 48.7 Å². The number of amides is 1. The minimum atomic E-state index is -3.34. The molecule has 0 radical (unpaired) electrons. The lowest BCUT2D eigenvalue weighted by atomic mass is 10.1. The van der Waals surface area contributed by atoms with Crippen molar-refractivity contribution in [2.24, 2.45) is 0 Å². The number of benzene rings is 2. The SMILES string of the molecule is CCC[P@](C)(=O)Cn1ccc(NC(=O)c2cc(Oc3ccc(S(C)(=O)=O)cc3)cc(OC3CCOC3)c2)n1. The standard InChI is InChI=1S/C26H32N3O7PS/c1-4-13-37(2,31)18-29-11-9-25(28-29)27-26(30)19-14-22(16-23(15-19)36-21-10-12-34-17-21)35-20-5-7-24(8-6-20)38(3,32)33/h5-9,11,14-16,21H,4,10,12-13,17-18H2,1-3H3,(H,27,28,30)/t21?,37-/m0/s1. The number of ether oxygens (including phenoxy) is 3.